The van der Waals surface area contributed by atoms with Crippen LogP contribution in [0.25, 0.3) is 5.57 Å². The summed E-state index contributed by atoms with van der Waals surface area (Å²) < 4.78 is 0. The van der Waals surface area contributed by atoms with Gasteiger partial charge in [-0.2, -0.15) is 0 Å². The molecule has 1 rings (SSSR count). The first-order valence-electron chi connectivity index (χ1n) is 9.10. The lowest BCUT2D eigenvalue weighted by Gasteiger charge is -2.07. The second kappa shape index (κ2) is 11.6. The summed E-state index contributed by atoms with van der Waals surface area (Å²) >= 11 is 0. The van der Waals surface area contributed by atoms with E-state index in [9.17, 15) is 0 Å². The van der Waals surface area contributed by atoms with Gasteiger partial charge in [-0.3, -0.25) is 9.98 Å². The van der Waals surface area contributed by atoms with Gasteiger partial charge >= 0.3 is 0 Å². The van der Waals surface area contributed by atoms with Gasteiger partial charge in [-0.15, -0.1) is 0 Å². The highest BCUT2D eigenvalue weighted by atomic mass is 14.9. The smallest absolute Gasteiger partial charge is 0.0401 e. The Morgan fingerprint density at radius 1 is 1.00 bits per heavy atom. The van der Waals surface area contributed by atoms with Gasteiger partial charge in [0.1, 0.15) is 0 Å². The Balaban J connectivity index is 2.81. The molecule has 0 fully saturated rings. The van der Waals surface area contributed by atoms with Crippen LogP contribution in [-0.2, 0) is 0 Å². The van der Waals surface area contributed by atoms with Gasteiger partial charge in [0.15, 0.2) is 0 Å². The average molecular weight is 362 g/mol. The quantitative estimate of drug-likeness (QED) is 0.390. The molecule has 1 aromatic carbocycles. The zero-order chi connectivity index (χ0) is 20.2. The predicted octanol–water partition coefficient (Wildman–Crippen LogP) is 6.60. The molecule has 0 atom stereocenters. The predicted molar refractivity (Wildman–Crippen MR) is 123 cm³/mol. The maximum Gasteiger partial charge on any atom is 0.0401 e. The molecule has 0 saturated carbocycles. The Morgan fingerprint density at radius 2 is 1.67 bits per heavy atom. The molecule has 3 heteroatoms. The van der Waals surface area contributed by atoms with Crippen LogP contribution in [0.4, 0.5) is 5.69 Å². The van der Waals surface area contributed by atoms with Gasteiger partial charge in [-0.1, -0.05) is 43.9 Å². The van der Waals surface area contributed by atoms with Crippen LogP contribution >= 0.6 is 0 Å². The van der Waals surface area contributed by atoms with Gasteiger partial charge in [0.2, 0.25) is 0 Å². The van der Waals surface area contributed by atoms with Crippen LogP contribution in [0, 0.1) is 0 Å². The summed E-state index contributed by atoms with van der Waals surface area (Å²) in [6.07, 6.45) is 10.7. The molecule has 0 heterocycles. The third-order valence-electron chi connectivity index (χ3n) is 3.87. The molecule has 0 aliphatic heterocycles. The van der Waals surface area contributed by atoms with E-state index in [0.29, 0.717) is 0 Å². The number of hydrogen-bond donors (Lipinski definition) is 1. The van der Waals surface area contributed by atoms with Crippen LogP contribution in [0.15, 0.2) is 89.2 Å². The standard InChI is InChI=1S/C24H31N3/c1-8-23(14-9-18(2)3)26-17-19(4)22-12-15-24(16-13-22)27-21(6)11-10-20(5)25-7/h9-17,27H,2,6,8H2,1,3-5,7H3/b11-10-,14-9-,19-17+,25-20?,26-23-. The first-order chi connectivity index (χ1) is 12.8. The molecule has 0 radical (unpaired) electrons. The van der Waals surface area contributed by atoms with E-state index in [0.717, 1.165) is 45.9 Å². The molecule has 3 nitrogen and oxygen atoms in total. The van der Waals surface area contributed by atoms with Crippen LogP contribution in [0.5, 0.6) is 0 Å². The van der Waals surface area contributed by atoms with Crippen molar-refractivity contribution >= 4 is 22.7 Å². The molecular weight excluding hydrogens is 330 g/mol. The minimum Gasteiger partial charge on any atom is -0.356 e. The minimum atomic E-state index is 0.819. The summed E-state index contributed by atoms with van der Waals surface area (Å²) in [6, 6.07) is 8.24. The third-order valence-corrected chi connectivity index (χ3v) is 3.87. The lowest BCUT2D eigenvalue weighted by atomic mass is 10.1. The number of anilines is 1. The molecule has 0 bridgehead atoms. The number of nitrogens with one attached hydrogen (secondary N) is 1. The lowest BCUT2D eigenvalue weighted by molar-refractivity contribution is 1.27. The van der Waals surface area contributed by atoms with Crippen LogP contribution < -0.4 is 5.32 Å². The maximum absolute atomic E-state index is 4.59. The summed E-state index contributed by atoms with van der Waals surface area (Å²) in [5.74, 6) is 0. The molecule has 0 aromatic heterocycles. The van der Waals surface area contributed by atoms with E-state index in [-0.39, 0.29) is 0 Å². The highest BCUT2D eigenvalue weighted by Gasteiger charge is 1.98. The molecule has 0 saturated heterocycles. The van der Waals surface area contributed by atoms with Crippen molar-refractivity contribution in [2.75, 3.05) is 12.4 Å². The van der Waals surface area contributed by atoms with Crippen molar-refractivity contribution in [2.45, 2.75) is 34.1 Å². The van der Waals surface area contributed by atoms with Crippen LogP contribution in [0.1, 0.15) is 39.7 Å². The average Bonchev–Trinajstić information content (AvgIpc) is 2.66. The molecule has 1 N–H and O–H groups in total. The number of rotatable bonds is 9. The lowest BCUT2D eigenvalue weighted by Crippen LogP contribution is -1.96. The highest BCUT2D eigenvalue weighted by molar-refractivity contribution is 5.96. The van der Waals surface area contributed by atoms with Crippen LogP contribution in [-0.4, -0.2) is 18.5 Å². The summed E-state index contributed by atoms with van der Waals surface area (Å²) in [6.45, 7) is 16.0. The summed E-state index contributed by atoms with van der Waals surface area (Å²) in [4.78, 5) is 8.68. The number of nitrogens with zero attached hydrogens (tertiary/aromatic N) is 2. The minimum absolute atomic E-state index is 0.819. The van der Waals surface area contributed by atoms with Gasteiger partial charge < -0.3 is 5.32 Å². The van der Waals surface area contributed by atoms with Crippen LogP contribution in [0.2, 0.25) is 0 Å². The fraction of sp³-hybridized carbons (Fsp3) is 0.250. The van der Waals surface area contributed by atoms with Crippen molar-refractivity contribution in [3.8, 4) is 0 Å². The van der Waals surface area contributed by atoms with E-state index >= 15 is 0 Å². The molecular formula is C24H31N3. The van der Waals surface area contributed by atoms with Crippen molar-refractivity contribution in [3.63, 3.8) is 0 Å². The van der Waals surface area contributed by atoms with E-state index in [1.165, 1.54) is 0 Å². The zero-order valence-electron chi connectivity index (χ0n) is 17.2. The maximum atomic E-state index is 4.59. The first-order valence-corrected chi connectivity index (χ1v) is 9.10. The van der Waals surface area contributed by atoms with Gasteiger partial charge in [0, 0.05) is 36.1 Å². The molecule has 0 aliphatic rings. The van der Waals surface area contributed by atoms with E-state index in [1.807, 2.05) is 56.5 Å². The van der Waals surface area contributed by atoms with Crippen LogP contribution in [0.3, 0.4) is 0 Å². The third kappa shape index (κ3) is 8.82. The van der Waals surface area contributed by atoms with E-state index in [4.69, 9.17) is 0 Å². The van der Waals surface area contributed by atoms with Gasteiger partial charge in [0.25, 0.3) is 0 Å². The Morgan fingerprint density at radius 3 is 2.22 bits per heavy atom. The number of allylic oxidation sites excluding steroid dienone is 6. The molecule has 0 aliphatic carbocycles. The molecule has 27 heavy (non-hydrogen) atoms. The van der Waals surface area contributed by atoms with Gasteiger partial charge in [-0.25, -0.2) is 0 Å². The topological polar surface area (TPSA) is 36.8 Å². The monoisotopic (exact) mass is 361 g/mol. The molecule has 0 spiro atoms. The molecule has 142 valence electrons. The zero-order valence-corrected chi connectivity index (χ0v) is 17.2. The largest absolute Gasteiger partial charge is 0.356 e. The van der Waals surface area contributed by atoms with E-state index < -0.39 is 0 Å². The molecule has 0 unspecified atom stereocenters. The second-order valence-corrected chi connectivity index (χ2v) is 6.39. The SMILES string of the molecule is C=C(C)\C=C/C(CC)=N\C=C(/C)c1ccc(NC(=C)/C=C\C(C)=NC)cc1. The number of benzene rings is 1. The molecule has 1 aromatic rings. The van der Waals surface area contributed by atoms with Crippen molar-refractivity contribution < 1.29 is 0 Å². The fourth-order valence-electron chi connectivity index (χ4n) is 2.08. The second-order valence-electron chi connectivity index (χ2n) is 6.39. The number of aliphatic imine (C=N–C) groups is 2. The Labute approximate surface area is 164 Å². The first kappa shape index (κ1) is 22.1. The van der Waals surface area contributed by atoms with Crippen molar-refractivity contribution in [2.24, 2.45) is 9.98 Å². The molecule has 0 amide bonds. The van der Waals surface area contributed by atoms with Gasteiger partial charge in [-0.05, 0) is 68.7 Å². The Bertz CT molecular complexity index is 801. The van der Waals surface area contributed by atoms with E-state index in [2.05, 4.69) is 54.4 Å². The Kier molecular flexibility index (Phi) is 9.52. The summed E-state index contributed by atoms with van der Waals surface area (Å²) in [7, 11) is 1.77. The fourth-order valence-corrected chi connectivity index (χ4v) is 2.08. The summed E-state index contributed by atoms with van der Waals surface area (Å²) in [5, 5.41) is 3.27. The normalized spacial score (nSPS) is 13.4. The Hall–Kier alpha value is -2.94. The van der Waals surface area contributed by atoms with Gasteiger partial charge in [0.05, 0.1) is 0 Å². The van der Waals surface area contributed by atoms with Crippen molar-refractivity contribution in [1.82, 2.24) is 0 Å². The van der Waals surface area contributed by atoms with Crippen molar-refractivity contribution in [3.05, 3.63) is 84.8 Å². The number of hydrogen-bond acceptors (Lipinski definition) is 3. The van der Waals surface area contributed by atoms with Crippen molar-refractivity contribution in [1.29, 1.82) is 0 Å². The highest BCUT2D eigenvalue weighted by Crippen LogP contribution is 2.18. The van der Waals surface area contributed by atoms with E-state index in [1.54, 1.807) is 7.05 Å². The summed E-state index contributed by atoms with van der Waals surface area (Å²) in [5.41, 5.74) is 7.08.